The summed E-state index contributed by atoms with van der Waals surface area (Å²) in [6.07, 6.45) is 1.06. The maximum atomic E-state index is 2.42. The molecule has 1 aliphatic carbocycles. The first-order valence-electron chi connectivity index (χ1n) is 46.6. The van der Waals surface area contributed by atoms with Crippen molar-refractivity contribution >= 4 is 196 Å². The van der Waals surface area contributed by atoms with Gasteiger partial charge < -0.3 is 41.1 Å². The van der Waals surface area contributed by atoms with Gasteiger partial charge in [-0.15, -0.1) is 0 Å². The molecular weight excluding hydrogens is 1640 g/mol. The second-order valence-electron chi connectivity index (χ2n) is 36.1. The van der Waals surface area contributed by atoms with Gasteiger partial charge in [0.1, 0.15) is 0 Å². The van der Waals surface area contributed by atoms with Crippen molar-refractivity contribution in [2.24, 2.45) is 35.2 Å². The van der Waals surface area contributed by atoms with Gasteiger partial charge in [-0.1, -0.05) is 279 Å². The first-order chi connectivity index (χ1) is 66.6. The van der Waals surface area contributed by atoms with E-state index in [0.29, 0.717) is 0 Å². The van der Waals surface area contributed by atoms with Crippen LogP contribution >= 0.6 is 0 Å². The predicted molar refractivity (Wildman–Crippen MR) is 573 cm³/mol. The van der Waals surface area contributed by atoms with Gasteiger partial charge in [-0.25, -0.2) is 0 Å². The Morgan fingerprint density at radius 2 is 0.437 bits per heavy atom. The van der Waals surface area contributed by atoms with Crippen LogP contribution < -0.4 is 0 Å². The number of benzene rings is 20. The zero-order valence-corrected chi connectivity index (χ0v) is 75.5. The number of hydrogen-bond acceptors (Lipinski definition) is 0. The number of hydrogen-bond donors (Lipinski definition) is 0. The van der Waals surface area contributed by atoms with E-state index in [0.717, 1.165) is 6.42 Å². The molecule has 135 heavy (non-hydrogen) atoms. The molecule has 0 aliphatic heterocycles. The molecule has 0 bridgehead atoms. The number of para-hydroxylation sites is 13. The molecule has 0 spiro atoms. The molecule has 30 rings (SSSR count). The van der Waals surface area contributed by atoms with Crippen LogP contribution in [0, 0.1) is 0 Å². The molecule has 0 radical (unpaired) electrons. The SMILES string of the molecule is Cn1c2ccccc2c2c1ccc1c3ccccc3n(-c3ccccc3)c12.Cn1c2ccccc2c2cc(-c3ccc4c(c3)c3ccccc3n4-c3ccccc3)ccc21.Cn1c2ccccc2c2cc(-n3c4ccccc4c4ccccc43)ccc21.Cn1c2ccccc2c2cc3c(cc21)Cc1ccccc1-3.Cn1c2ccccc2c2cc3c4ccccc4n(-c4ccccc4)c3cc21. The summed E-state index contributed by atoms with van der Waals surface area (Å²) in [5.74, 6) is 0. The Hall–Kier alpha value is -17.4. The van der Waals surface area contributed by atoms with E-state index in [2.05, 4.69) is 525 Å². The van der Waals surface area contributed by atoms with Crippen LogP contribution in [0.2, 0.25) is 0 Å². The molecule has 0 unspecified atom stereocenters. The second kappa shape index (κ2) is 31.4. The molecule has 9 heteroatoms. The summed E-state index contributed by atoms with van der Waals surface area (Å²) in [5, 5.41) is 23.5. The standard InChI is InChI=1S/C31H22N2.3C25H18N2.C20H15N/c1-32-28-13-7-5-11-24(28)26-19-21(15-17-29(26)32)22-16-18-31-27(20-22)25-12-6-8-14-30(25)33(31)23-9-3-2-4-10-23;1-26-22-11-5-2-10-20(22)21-16-17(14-15-23(21)26)27-24-12-6-3-8-18(24)19-9-4-7-13-25(19)27;1-26-21-13-7-6-12-20(21)24-23(26)16-15-19-18-11-5-8-14-22(18)27(25(19)24)17-9-3-2-4-10-17;1-26-22-13-7-5-11-18(22)20-15-21-19-12-6-8-14-23(19)27(25(21)16-24(20)26)17-9-3-2-4-10-17;1-21-19-9-5-4-8-16(19)18-12-17-14(11-20(18)21)10-13-6-2-3-7-15(13)17/h2-20H,1H3;3*2-16H,1H3;2-9,11-12H,10H2,1H3. The lowest BCUT2D eigenvalue weighted by Gasteiger charge is -2.08. The fraction of sp³-hybridized carbons (Fsp3) is 0.0476. The molecule has 20 aromatic carbocycles. The number of fused-ring (bicyclic) bond motifs is 31. The number of aromatic nitrogens is 9. The Bertz CT molecular complexity index is 9790. The number of aryl methyl sites for hydroxylation is 5. The summed E-state index contributed by atoms with van der Waals surface area (Å²) in [6, 6.07) is 162. The Morgan fingerprint density at radius 1 is 0.148 bits per heavy atom. The molecule has 1 aliphatic rings. The van der Waals surface area contributed by atoms with Crippen LogP contribution in [0.5, 0.6) is 0 Å². The van der Waals surface area contributed by atoms with Crippen molar-refractivity contribution in [3.8, 4) is 45.0 Å². The molecule has 0 amide bonds. The number of rotatable bonds is 5. The molecule has 640 valence electrons. The average Bonchev–Trinajstić information content (AvgIpc) is 1.55. The lowest BCUT2D eigenvalue weighted by Crippen LogP contribution is -1.94. The van der Waals surface area contributed by atoms with Crippen molar-refractivity contribution in [2.45, 2.75) is 6.42 Å². The molecule has 9 aromatic heterocycles. The minimum absolute atomic E-state index is 1.06. The van der Waals surface area contributed by atoms with E-state index in [1.165, 1.54) is 252 Å². The zero-order chi connectivity index (χ0) is 89.8. The highest BCUT2D eigenvalue weighted by Crippen LogP contribution is 2.47. The molecule has 0 N–H and O–H groups in total. The van der Waals surface area contributed by atoms with Gasteiger partial charge in [-0.2, -0.15) is 0 Å². The van der Waals surface area contributed by atoms with E-state index in [1.54, 1.807) is 0 Å². The molecule has 29 aromatic rings. The molecule has 0 saturated heterocycles. The van der Waals surface area contributed by atoms with Crippen LogP contribution in [0.4, 0.5) is 0 Å². The molecule has 0 atom stereocenters. The van der Waals surface area contributed by atoms with E-state index in [9.17, 15) is 0 Å². The molecule has 9 nitrogen and oxygen atoms in total. The van der Waals surface area contributed by atoms with Gasteiger partial charge in [0, 0.05) is 199 Å². The fourth-order valence-electron chi connectivity index (χ4n) is 22.7. The van der Waals surface area contributed by atoms with Crippen LogP contribution in [0.1, 0.15) is 11.1 Å². The van der Waals surface area contributed by atoms with Gasteiger partial charge in [0.05, 0.1) is 55.2 Å². The van der Waals surface area contributed by atoms with Crippen LogP contribution in [0.25, 0.3) is 241 Å². The van der Waals surface area contributed by atoms with E-state index in [1.807, 2.05) is 0 Å². The third kappa shape index (κ3) is 12.4. The Morgan fingerprint density at radius 3 is 0.926 bits per heavy atom. The maximum absolute atomic E-state index is 2.42. The monoisotopic (exact) mass is 1730 g/mol. The fourth-order valence-corrected chi connectivity index (χ4v) is 22.7. The molecule has 0 saturated carbocycles. The molecular formula is C126H91N9. The first kappa shape index (κ1) is 78.6. The van der Waals surface area contributed by atoms with Crippen molar-refractivity contribution in [2.75, 3.05) is 0 Å². The van der Waals surface area contributed by atoms with Crippen LogP contribution in [-0.4, -0.2) is 41.1 Å². The van der Waals surface area contributed by atoms with Crippen molar-refractivity contribution in [3.63, 3.8) is 0 Å². The Balaban J connectivity index is 0.0000000883. The molecule has 9 heterocycles. The van der Waals surface area contributed by atoms with Gasteiger partial charge in [0.2, 0.25) is 0 Å². The average molecular weight is 1730 g/mol. The Kier molecular flexibility index (Phi) is 18.3. The maximum Gasteiger partial charge on any atom is 0.0641 e. The van der Waals surface area contributed by atoms with Crippen LogP contribution in [0.3, 0.4) is 0 Å². The van der Waals surface area contributed by atoms with E-state index < -0.39 is 0 Å². The minimum Gasteiger partial charge on any atom is -0.344 e. The van der Waals surface area contributed by atoms with Crippen molar-refractivity contribution in [3.05, 3.63) is 460 Å². The van der Waals surface area contributed by atoms with Gasteiger partial charge in [0.15, 0.2) is 0 Å². The lowest BCUT2D eigenvalue weighted by molar-refractivity contribution is 1.01. The lowest BCUT2D eigenvalue weighted by atomic mass is 10.0. The first-order valence-corrected chi connectivity index (χ1v) is 46.6. The highest BCUT2D eigenvalue weighted by molar-refractivity contribution is 6.26. The number of nitrogens with zero attached hydrogens (tertiary/aromatic N) is 9. The summed E-state index contributed by atoms with van der Waals surface area (Å²) in [6.45, 7) is 0. The zero-order valence-electron chi connectivity index (χ0n) is 75.5. The summed E-state index contributed by atoms with van der Waals surface area (Å²) in [5.41, 5.74) is 35.8. The van der Waals surface area contributed by atoms with Gasteiger partial charge in [0.25, 0.3) is 0 Å². The normalized spacial score (nSPS) is 12.0. The van der Waals surface area contributed by atoms with Gasteiger partial charge >= 0.3 is 0 Å². The smallest absolute Gasteiger partial charge is 0.0641 e. The summed E-state index contributed by atoms with van der Waals surface area (Å²) < 4.78 is 21.0. The van der Waals surface area contributed by atoms with Crippen molar-refractivity contribution < 1.29 is 0 Å². The summed E-state index contributed by atoms with van der Waals surface area (Å²) in [7, 11) is 10.8. The van der Waals surface area contributed by atoms with Gasteiger partial charge in [-0.3, -0.25) is 0 Å². The second-order valence-corrected chi connectivity index (χ2v) is 36.1. The highest BCUT2D eigenvalue weighted by atomic mass is 15.0. The van der Waals surface area contributed by atoms with E-state index in [4.69, 9.17) is 0 Å². The largest absolute Gasteiger partial charge is 0.344 e. The van der Waals surface area contributed by atoms with Crippen LogP contribution in [0.15, 0.2) is 449 Å². The topological polar surface area (TPSA) is 44.4 Å². The highest BCUT2D eigenvalue weighted by Gasteiger charge is 2.25. The minimum atomic E-state index is 1.06. The summed E-state index contributed by atoms with van der Waals surface area (Å²) in [4.78, 5) is 0. The van der Waals surface area contributed by atoms with E-state index >= 15 is 0 Å². The quantitative estimate of drug-likeness (QED) is 0.165. The van der Waals surface area contributed by atoms with Crippen molar-refractivity contribution in [1.29, 1.82) is 0 Å². The Labute approximate surface area is 778 Å². The van der Waals surface area contributed by atoms with E-state index in [-0.39, 0.29) is 0 Å². The van der Waals surface area contributed by atoms with Crippen LogP contribution in [-0.2, 0) is 41.7 Å². The van der Waals surface area contributed by atoms with Crippen molar-refractivity contribution in [1.82, 2.24) is 41.1 Å². The summed E-state index contributed by atoms with van der Waals surface area (Å²) >= 11 is 0. The third-order valence-corrected chi connectivity index (χ3v) is 28.9. The molecule has 0 fully saturated rings. The van der Waals surface area contributed by atoms with Gasteiger partial charge in [-0.05, 0) is 210 Å². The third-order valence-electron chi connectivity index (χ3n) is 28.9. The predicted octanol–water partition coefficient (Wildman–Crippen LogP) is 32.3.